The summed E-state index contributed by atoms with van der Waals surface area (Å²) in [4.78, 5) is 0. The zero-order valence-corrected chi connectivity index (χ0v) is 8.59. The van der Waals surface area contributed by atoms with Crippen LogP contribution in [0.25, 0.3) is 5.69 Å². The van der Waals surface area contributed by atoms with Gasteiger partial charge in [-0.05, 0) is 48.0 Å². The molecule has 0 bridgehead atoms. The van der Waals surface area contributed by atoms with E-state index in [-0.39, 0.29) is 0 Å². The highest BCUT2D eigenvalue weighted by Crippen LogP contribution is 2.09. The summed E-state index contributed by atoms with van der Waals surface area (Å²) in [5.41, 5.74) is 7.68. The van der Waals surface area contributed by atoms with Crippen LogP contribution in [0, 0.1) is 6.92 Å². The first-order chi connectivity index (χ1) is 7.31. The molecule has 5 nitrogen and oxygen atoms in total. The Balaban J connectivity index is 2.28. The molecule has 0 aliphatic carbocycles. The van der Waals surface area contributed by atoms with Crippen molar-refractivity contribution in [3.8, 4) is 5.69 Å². The third-order valence-corrected chi connectivity index (χ3v) is 2.24. The van der Waals surface area contributed by atoms with Gasteiger partial charge in [-0.1, -0.05) is 12.1 Å². The fourth-order valence-corrected chi connectivity index (χ4v) is 1.44. The van der Waals surface area contributed by atoms with E-state index in [0.29, 0.717) is 6.54 Å². The van der Waals surface area contributed by atoms with Gasteiger partial charge in [-0.15, -0.1) is 5.10 Å². The minimum Gasteiger partial charge on any atom is -0.330 e. The van der Waals surface area contributed by atoms with Gasteiger partial charge in [0.1, 0.15) is 0 Å². The van der Waals surface area contributed by atoms with Gasteiger partial charge in [-0.25, -0.2) is 0 Å². The van der Waals surface area contributed by atoms with E-state index in [1.807, 2.05) is 31.2 Å². The van der Waals surface area contributed by atoms with Crippen LogP contribution in [-0.2, 0) is 6.42 Å². The van der Waals surface area contributed by atoms with Crippen molar-refractivity contribution < 1.29 is 0 Å². The first-order valence-corrected chi connectivity index (χ1v) is 4.85. The molecule has 1 aromatic carbocycles. The maximum atomic E-state index is 5.48. The Morgan fingerprint density at radius 1 is 1.27 bits per heavy atom. The van der Waals surface area contributed by atoms with Crippen LogP contribution in [0.15, 0.2) is 24.3 Å². The summed E-state index contributed by atoms with van der Waals surface area (Å²) < 4.78 is 1.70. The molecule has 1 aromatic heterocycles. The molecule has 0 aliphatic rings. The van der Waals surface area contributed by atoms with Gasteiger partial charge in [-0.2, -0.15) is 4.68 Å². The van der Waals surface area contributed by atoms with Gasteiger partial charge in [0.2, 0.25) is 0 Å². The van der Waals surface area contributed by atoms with Crippen LogP contribution in [0.5, 0.6) is 0 Å². The van der Waals surface area contributed by atoms with E-state index in [0.717, 1.165) is 17.9 Å². The Hall–Kier alpha value is -1.75. The number of hydrogen-bond donors (Lipinski definition) is 1. The average molecular weight is 203 g/mol. The maximum absolute atomic E-state index is 5.48. The highest BCUT2D eigenvalue weighted by molar-refractivity contribution is 5.34. The van der Waals surface area contributed by atoms with Gasteiger partial charge < -0.3 is 5.73 Å². The molecule has 78 valence electrons. The van der Waals surface area contributed by atoms with Crippen molar-refractivity contribution in [3.05, 3.63) is 35.7 Å². The van der Waals surface area contributed by atoms with E-state index < -0.39 is 0 Å². The minimum absolute atomic E-state index is 0.670. The Kier molecular flexibility index (Phi) is 2.73. The Morgan fingerprint density at radius 2 is 2.00 bits per heavy atom. The standard InChI is InChI=1S/C10H13N5/c1-8-12-13-14-15(8)10-4-2-9(3-5-10)6-7-11/h2-5H,6-7,11H2,1H3. The topological polar surface area (TPSA) is 69.6 Å². The summed E-state index contributed by atoms with van der Waals surface area (Å²) in [6, 6.07) is 8.08. The molecule has 2 N–H and O–H groups in total. The molecule has 0 fully saturated rings. The Labute approximate surface area is 87.9 Å². The lowest BCUT2D eigenvalue weighted by Crippen LogP contribution is -2.03. The predicted molar refractivity (Wildman–Crippen MR) is 56.6 cm³/mol. The zero-order valence-electron chi connectivity index (χ0n) is 8.59. The summed E-state index contributed by atoms with van der Waals surface area (Å²) >= 11 is 0. The van der Waals surface area contributed by atoms with Crippen molar-refractivity contribution in [2.24, 2.45) is 5.73 Å². The van der Waals surface area contributed by atoms with Crippen LogP contribution in [-0.4, -0.2) is 26.8 Å². The van der Waals surface area contributed by atoms with Gasteiger partial charge in [0.15, 0.2) is 5.82 Å². The average Bonchev–Trinajstić information content (AvgIpc) is 2.66. The van der Waals surface area contributed by atoms with E-state index in [2.05, 4.69) is 15.5 Å². The smallest absolute Gasteiger partial charge is 0.153 e. The van der Waals surface area contributed by atoms with Crippen molar-refractivity contribution in [3.63, 3.8) is 0 Å². The summed E-state index contributed by atoms with van der Waals surface area (Å²) in [5.74, 6) is 0.779. The zero-order chi connectivity index (χ0) is 10.7. The fraction of sp³-hybridized carbons (Fsp3) is 0.300. The van der Waals surface area contributed by atoms with Crippen LogP contribution < -0.4 is 5.73 Å². The summed E-state index contributed by atoms with van der Waals surface area (Å²) in [6.07, 6.45) is 0.898. The normalized spacial score (nSPS) is 10.5. The second-order valence-corrected chi connectivity index (χ2v) is 3.34. The summed E-state index contributed by atoms with van der Waals surface area (Å²) in [5, 5.41) is 11.3. The van der Waals surface area contributed by atoms with E-state index >= 15 is 0 Å². The number of aromatic nitrogens is 4. The van der Waals surface area contributed by atoms with Crippen molar-refractivity contribution in [1.82, 2.24) is 20.2 Å². The number of aryl methyl sites for hydroxylation is 1. The molecule has 0 amide bonds. The van der Waals surface area contributed by atoms with Crippen LogP contribution in [0.3, 0.4) is 0 Å². The molecule has 0 atom stereocenters. The lowest BCUT2D eigenvalue weighted by atomic mass is 10.1. The van der Waals surface area contributed by atoms with Crippen molar-refractivity contribution in [2.45, 2.75) is 13.3 Å². The monoisotopic (exact) mass is 203 g/mol. The number of benzene rings is 1. The molecule has 2 aromatic rings. The van der Waals surface area contributed by atoms with Gasteiger partial charge in [0, 0.05) is 0 Å². The van der Waals surface area contributed by atoms with Gasteiger partial charge >= 0.3 is 0 Å². The fourth-order valence-electron chi connectivity index (χ4n) is 1.44. The largest absolute Gasteiger partial charge is 0.330 e. The SMILES string of the molecule is Cc1nnnn1-c1ccc(CCN)cc1. The summed E-state index contributed by atoms with van der Waals surface area (Å²) in [6.45, 7) is 2.54. The van der Waals surface area contributed by atoms with E-state index in [1.54, 1.807) is 4.68 Å². The highest BCUT2D eigenvalue weighted by Gasteiger charge is 2.02. The van der Waals surface area contributed by atoms with E-state index in [1.165, 1.54) is 5.56 Å². The minimum atomic E-state index is 0.670. The van der Waals surface area contributed by atoms with Gasteiger partial charge in [0.05, 0.1) is 5.69 Å². The first kappa shape index (κ1) is 9.79. The highest BCUT2D eigenvalue weighted by atomic mass is 15.5. The van der Waals surface area contributed by atoms with Crippen LogP contribution >= 0.6 is 0 Å². The quantitative estimate of drug-likeness (QED) is 0.787. The van der Waals surface area contributed by atoms with Gasteiger partial charge in [-0.3, -0.25) is 0 Å². The number of tetrazole rings is 1. The van der Waals surface area contributed by atoms with E-state index in [9.17, 15) is 0 Å². The molecule has 0 aliphatic heterocycles. The predicted octanol–water partition coefficient (Wildman–Crippen LogP) is 0.472. The molecule has 5 heteroatoms. The summed E-state index contributed by atoms with van der Waals surface area (Å²) in [7, 11) is 0. The number of rotatable bonds is 3. The maximum Gasteiger partial charge on any atom is 0.153 e. The molecule has 0 saturated heterocycles. The molecular weight excluding hydrogens is 190 g/mol. The van der Waals surface area contributed by atoms with Gasteiger partial charge in [0.25, 0.3) is 0 Å². The van der Waals surface area contributed by atoms with Crippen LogP contribution in [0.1, 0.15) is 11.4 Å². The third kappa shape index (κ3) is 2.02. The molecule has 0 radical (unpaired) electrons. The molecule has 0 saturated carbocycles. The lowest BCUT2D eigenvalue weighted by molar-refractivity contribution is 0.779. The van der Waals surface area contributed by atoms with E-state index in [4.69, 9.17) is 5.73 Å². The Bertz CT molecular complexity index is 431. The molecule has 0 unspecified atom stereocenters. The van der Waals surface area contributed by atoms with Crippen molar-refractivity contribution >= 4 is 0 Å². The lowest BCUT2D eigenvalue weighted by Gasteiger charge is -2.03. The molecule has 2 rings (SSSR count). The van der Waals surface area contributed by atoms with Crippen molar-refractivity contribution in [1.29, 1.82) is 0 Å². The number of hydrogen-bond acceptors (Lipinski definition) is 4. The Morgan fingerprint density at radius 3 is 2.53 bits per heavy atom. The van der Waals surface area contributed by atoms with Crippen LogP contribution in [0.4, 0.5) is 0 Å². The second-order valence-electron chi connectivity index (χ2n) is 3.34. The molecule has 15 heavy (non-hydrogen) atoms. The number of nitrogens with zero attached hydrogens (tertiary/aromatic N) is 4. The molecule has 0 spiro atoms. The second kappa shape index (κ2) is 4.18. The molecular formula is C10H13N5. The van der Waals surface area contributed by atoms with Crippen LogP contribution in [0.2, 0.25) is 0 Å². The van der Waals surface area contributed by atoms with Crippen molar-refractivity contribution in [2.75, 3.05) is 6.54 Å². The first-order valence-electron chi connectivity index (χ1n) is 4.85. The number of nitrogens with two attached hydrogens (primary N) is 1. The molecule has 1 heterocycles. The third-order valence-electron chi connectivity index (χ3n) is 2.24.